The lowest BCUT2D eigenvalue weighted by molar-refractivity contribution is 0.414. The van der Waals surface area contributed by atoms with Gasteiger partial charge in [-0.15, -0.1) is 0 Å². The SMILES string of the molecule is COc1ccc(F)c(-c2cccc(C3(c4ccncc4)N=C(N)c4ncccc43)c2)c1. The summed E-state index contributed by atoms with van der Waals surface area (Å²) in [5.74, 6) is 0.626. The van der Waals surface area contributed by atoms with Gasteiger partial charge in [0, 0.05) is 29.7 Å². The molecule has 0 saturated carbocycles. The fraction of sp³-hybridized carbons (Fsp3) is 0.0800. The zero-order valence-electron chi connectivity index (χ0n) is 16.8. The lowest BCUT2D eigenvalue weighted by atomic mass is 9.78. The molecule has 0 radical (unpaired) electrons. The first-order valence-corrected chi connectivity index (χ1v) is 9.79. The number of rotatable bonds is 4. The first-order valence-electron chi connectivity index (χ1n) is 9.79. The molecule has 0 spiro atoms. The number of hydrogen-bond acceptors (Lipinski definition) is 5. The summed E-state index contributed by atoms with van der Waals surface area (Å²) < 4.78 is 20.0. The number of halogens is 1. The van der Waals surface area contributed by atoms with E-state index in [9.17, 15) is 4.39 Å². The Morgan fingerprint density at radius 3 is 2.55 bits per heavy atom. The molecule has 31 heavy (non-hydrogen) atoms. The number of fused-ring (bicyclic) bond motifs is 1. The highest BCUT2D eigenvalue weighted by molar-refractivity contribution is 6.01. The molecule has 152 valence electrons. The second-order valence-electron chi connectivity index (χ2n) is 7.27. The monoisotopic (exact) mass is 410 g/mol. The third-order valence-corrected chi connectivity index (χ3v) is 5.59. The van der Waals surface area contributed by atoms with Crippen LogP contribution in [0.5, 0.6) is 5.75 Å². The summed E-state index contributed by atoms with van der Waals surface area (Å²) in [6.07, 6.45) is 5.15. The number of methoxy groups -OCH3 is 1. The Bertz CT molecular complexity index is 1310. The molecule has 1 aliphatic heterocycles. The quantitative estimate of drug-likeness (QED) is 0.544. The third-order valence-electron chi connectivity index (χ3n) is 5.59. The van der Waals surface area contributed by atoms with E-state index in [0.717, 1.165) is 16.7 Å². The average Bonchev–Trinajstić information content (AvgIpc) is 3.14. The Morgan fingerprint density at radius 1 is 0.903 bits per heavy atom. The molecule has 2 N–H and O–H groups in total. The zero-order valence-corrected chi connectivity index (χ0v) is 16.8. The molecule has 0 amide bonds. The van der Waals surface area contributed by atoms with Crippen LogP contribution < -0.4 is 10.5 Å². The van der Waals surface area contributed by atoms with Gasteiger partial charge < -0.3 is 10.5 Å². The Morgan fingerprint density at radius 2 is 1.74 bits per heavy atom. The van der Waals surface area contributed by atoms with E-state index in [1.165, 1.54) is 6.07 Å². The van der Waals surface area contributed by atoms with Gasteiger partial charge in [-0.1, -0.05) is 24.3 Å². The highest BCUT2D eigenvalue weighted by atomic mass is 19.1. The van der Waals surface area contributed by atoms with Crippen LogP contribution >= 0.6 is 0 Å². The Labute approximate surface area is 179 Å². The first kappa shape index (κ1) is 18.9. The first-order chi connectivity index (χ1) is 15.1. The van der Waals surface area contributed by atoms with Crippen molar-refractivity contribution in [2.75, 3.05) is 7.11 Å². The molecule has 2 aromatic carbocycles. The van der Waals surface area contributed by atoms with Crippen LogP contribution in [0.3, 0.4) is 0 Å². The molecule has 1 aliphatic rings. The topological polar surface area (TPSA) is 73.4 Å². The molecule has 3 heterocycles. The van der Waals surface area contributed by atoms with Gasteiger partial charge in [0.05, 0.1) is 7.11 Å². The number of benzene rings is 2. The van der Waals surface area contributed by atoms with E-state index in [0.29, 0.717) is 28.4 Å². The van der Waals surface area contributed by atoms with Crippen LogP contribution in [0.25, 0.3) is 11.1 Å². The number of ether oxygens (including phenoxy) is 1. The van der Waals surface area contributed by atoms with Gasteiger partial charge >= 0.3 is 0 Å². The normalized spacial score (nSPS) is 17.2. The molecule has 1 atom stereocenters. The fourth-order valence-corrected chi connectivity index (χ4v) is 4.16. The maximum absolute atomic E-state index is 14.7. The van der Waals surface area contributed by atoms with Crippen molar-refractivity contribution in [1.29, 1.82) is 0 Å². The molecule has 0 saturated heterocycles. The molecule has 4 aromatic rings. The van der Waals surface area contributed by atoms with Crippen LogP contribution in [0.15, 0.2) is 90.3 Å². The second kappa shape index (κ2) is 7.32. The predicted octanol–water partition coefficient (Wildman–Crippen LogP) is 4.30. The highest BCUT2D eigenvalue weighted by Gasteiger charge is 2.43. The van der Waals surface area contributed by atoms with Crippen molar-refractivity contribution >= 4 is 5.84 Å². The number of amidine groups is 1. The molecular formula is C25H19FN4O. The third kappa shape index (κ3) is 2.95. The summed E-state index contributed by atoms with van der Waals surface area (Å²) in [5.41, 5.74) is 9.85. The highest BCUT2D eigenvalue weighted by Crippen LogP contribution is 2.46. The lowest BCUT2D eigenvalue weighted by Crippen LogP contribution is -2.25. The van der Waals surface area contributed by atoms with Crippen molar-refractivity contribution in [2.24, 2.45) is 10.7 Å². The van der Waals surface area contributed by atoms with Gasteiger partial charge in [0.2, 0.25) is 0 Å². The second-order valence-corrected chi connectivity index (χ2v) is 7.27. The fourth-order valence-electron chi connectivity index (χ4n) is 4.16. The largest absolute Gasteiger partial charge is 0.497 e. The van der Waals surface area contributed by atoms with E-state index in [2.05, 4.69) is 9.97 Å². The average molecular weight is 410 g/mol. The molecule has 5 nitrogen and oxygen atoms in total. The summed E-state index contributed by atoms with van der Waals surface area (Å²) in [7, 11) is 1.56. The Hall–Kier alpha value is -4.06. The predicted molar refractivity (Wildman–Crippen MR) is 117 cm³/mol. The van der Waals surface area contributed by atoms with E-state index in [1.54, 1.807) is 37.8 Å². The van der Waals surface area contributed by atoms with Gasteiger partial charge in [-0.05, 0) is 59.2 Å². The minimum atomic E-state index is -0.901. The van der Waals surface area contributed by atoms with Crippen molar-refractivity contribution in [3.63, 3.8) is 0 Å². The number of pyridine rings is 2. The van der Waals surface area contributed by atoms with Crippen molar-refractivity contribution in [1.82, 2.24) is 9.97 Å². The van der Waals surface area contributed by atoms with Crippen molar-refractivity contribution in [2.45, 2.75) is 5.54 Å². The molecule has 0 bridgehead atoms. The van der Waals surface area contributed by atoms with Crippen LogP contribution in [0.4, 0.5) is 4.39 Å². The molecule has 0 aliphatic carbocycles. The summed E-state index contributed by atoms with van der Waals surface area (Å²) in [4.78, 5) is 13.5. The Kier molecular flexibility index (Phi) is 4.47. The van der Waals surface area contributed by atoms with E-state index in [4.69, 9.17) is 15.5 Å². The van der Waals surface area contributed by atoms with E-state index < -0.39 is 5.54 Å². The number of nitrogens with zero attached hydrogens (tertiary/aromatic N) is 3. The molecular weight excluding hydrogens is 391 g/mol. The summed E-state index contributed by atoms with van der Waals surface area (Å²) >= 11 is 0. The van der Waals surface area contributed by atoms with Gasteiger partial charge in [-0.25, -0.2) is 9.38 Å². The number of nitrogens with two attached hydrogens (primary N) is 1. The van der Waals surface area contributed by atoms with Crippen molar-refractivity contribution < 1.29 is 9.13 Å². The lowest BCUT2D eigenvalue weighted by Gasteiger charge is -2.29. The number of aromatic nitrogens is 2. The minimum Gasteiger partial charge on any atom is -0.497 e. The number of aliphatic imine (C=N–C) groups is 1. The van der Waals surface area contributed by atoms with Crippen LogP contribution in [-0.4, -0.2) is 22.9 Å². The standard InChI is InChI=1S/C25H19FN4O/c1-31-19-7-8-22(26)20(15-19)16-4-2-5-18(14-16)25(17-9-12-28-13-10-17)21-6-3-11-29-23(21)24(27)30-25/h2-15H,1H3,(H2,27,30). The van der Waals surface area contributed by atoms with E-state index in [-0.39, 0.29) is 5.82 Å². The zero-order chi connectivity index (χ0) is 21.4. The van der Waals surface area contributed by atoms with Crippen molar-refractivity contribution in [3.8, 4) is 16.9 Å². The summed E-state index contributed by atoms with van der Waals surface area (Å²) in [6, 6.07) is 20.1. The molecule has 0 fully saturated rings. The molecule has 1 unspecified atom stereocenters. The van der Waals surface area contributed by atoms with Gasteiger partial charge in [0.15, 0.2) is 0 Å². The van der Waals surface area contributed by atoms with Gasteiger partial charge in [0.25, 0.3) is 0 Å². The summed E-state index contributed by atoms with van der Waals surface area (Å²) in [6.45, 7) is 0. The van der Waals surface area contributed by atoms with Gasteiger partial charge in [-0.3, -0.25) is 9.97 Å². The van der Waals surface area contributed by atoms with E-state index >= 15 is 0 Å². The van der Waals surface area contributed by atoms with Crippen LogP contribution in [0.2, 0.25) is 0 Å². The van der Waals surface area contributed by atoms with Gasteiger partial charge in [-0.2, -0.15) is 0 Å². The van der Waals surface area contributed by atoms with Crippen LogP contribution in [0, 0.1) is 5.82 Å². The summed E-state index contributed by atoms with van der Waals surface area (Å²) in [5, 5.41) is 0. The Balaban J connectivity index is 1.77. The molecule has 2 aromatic heterocycles. The smallest absolute Gasteiger partial charge is 0.146 e. The minimum absolute atomic E-state index is 0.326. The van der Waals surface area contributed by atoms with Crippen LogP contribution in [0.1, 0.15) is 22.4 Å². The van der Waals surface area contributed by atoms with E-state index in [1.807, 2.05) is 48.5 Å². The maximum atomic E-state index is 14.7. The van der Waals surface area contributed by atoms with Crippen molar-refractivity contribution in [3.05, 3.63) is 114 Å². The molecule has 6 heteroatoms. The molecule has 5 rings (SSSR count). The number of hydrogen-bond donors (Lipinski definition) is 1. The van der Waals surface area contributed by atoms with Crippen LogP contribution in [-0.2, 0) is 5.54 Å². The maximum Gasteiger partial charge on any atom is 0.146 e. The van der Waals surface area contributed by atoms with Gasteiger partial charge in [0.1, 0.15) is 28.6 Å².